The van der Waals surface area contributed by atoms with E-state index < -0.39 is 22.8 Å². The van der Waals surface area contributed by atoms with Gasteiger partial charge in [-0.2, -0.15) is 0 Å². The Morgan fingerprint density at radius 1 is 1.28 bits per heavy atom. The molecule has 8 heteroatoms. The average molecular weight is 252 g/mol. The van der Waals surface area contributed by atoms with Crippen LogP contribution < -0.4 is 16.8 Å². The first-order valence-electron chi connectivity index (χ1n) is 4.98. The molecule has 1 unspecified atom stereocenters. The number of anilines is 1. The highest BCUT2D eigenvalue weighted by Crippen LogP contribution is 2.16. The molecule has 1 atom stereocenters. The van der Waals surface area contributed by atoms with E-state index in [0.717, 1.165) is 0 Å². The van der Waals surface area contributed by atoms with Crippen LogP contribution in [-0.4, -0.2) is 22.8 Å². The molecule has 0 aliphatic carbocycles. The predicted molar refractivity (Wildman–Crippen MR) is 63.5 cm³/mol. The van der Waals surface area contributed by atoms with Crippen LogP contribution >= 0.6 is 0 Å². The maximum absolute atomic E-state index is 11.1. The SMILES string of the molecule is NC(=O)CC(Nc1ccc([N+](=O)[O-])cc1)C(N)=O. The normalized spacial score (nSPS) is 11.6. The minimum Gasteiger partial charge on any atom is -0.373 e. The molecule has 0 saturated heterocycles. The van der Waals surface area contributed by atoms with Crippen LogP contribution in [0.2, 0.25) is 0 Å². The summed E-state index contributed by atoms with van der Waals surface area (Å²) in [7, 11) is 0. The molecule has 5 N–H and O–H groups in total. The molecule has 0 aromatic heterocycles. The second kappa shape index (κ2) is 5.62. The van der Waals surface area contributed by atoms with Gasteiger partial charge < -0.3 is 16.8 Å². The number of rotatable bonds is 6. The third kappa shape index (κ3) is 3.74. The number of nitrogens with zero attached hydrogens (tertiary/aromatic N) is 1. The number of carbonyl (C=O) groups is 2. The Bertz CT molecular complexity index is 471. The van der Waals surface area contributed by atoms with Gasteiger partial charge in [-0.25, -0.2) is 0 Å². The summed E-state index contributed by atoms with van der Waals surface area (Å²) < 4.78 is 0. The third-order valence-corrected chi connectivity index (χ3v) is 2.17. The van der Waals surface area contributed by atoms with Gasteiger partial charge in [0.1, 0.15) is 6.04 Å². The van der Waals surface area contributed by atoms with Crippen molar-refractivity contribution in [2.24, 2.45) is 11.5 Å². The number of amides is 2. The number of nitrogens with two attached hydrogens (primary N) is 2. The zero-order chi connectivity index (χ0) is 13.7. The van der Waals surface area contributed by atoms with E-state index in [9.17, 15) is 19.7 Å². The highest BCUT2D eigenvalue weighted by molar-refractivity contribution is 5.88. The Morgan fingerprint density at radius 2 is 1.83 bits per heavy atom. The van der Waals surface area contributed by atoms with Crippen LogP contribution in [0.4, 0.5) is 11.4 Å². The van der Waals surface area contributed by atoms with Gasteiger partial charge in [0.25, 0.3) is 5.69 Å². The number of nitro benzene ring substituents is 1. The lowest BCUT2D eigenvalue weighted by molar-refractivity contribution is -0.384. The van der Waals surface area contributed by atoms with Gasteiger partial charge in [-0.1, -0.05) is 0 Å². The number of nitrogens with one attached hydrogen (secondary N) is 1. The summed E-state index contributed by atoms with van der Waals surface area (Å²) in [5.74, 6) is -1.40. The molecular weight excluding hydrogens is 240 g/mol. The van der Waals surface area contributed by atoms with Gasteiger partial charge in [-0.05, 0) is 12.1 Å². The molecule has 1 rings (SSSR count). The van der Waals surface area contributed by atoms with Crippen molar-refractivity contribution in [2.45, 2.75) is 12.5 Å². The lowest BCUT2D eigenvalue weighted by atomic mass is 10.1. The third-order valence-electron chi connectivity index (χ3n) is 2.17. The number of non-ortho nitro benzene ring substituents is 1. The maximum atomic E-state index is 11.1. The maximum Gasteiger partial charge on any atom is 0.269 e. The van der Waals surface area contributed by atoms with Crippen LogP contribution in [0, 0.1) is 10.1 Å². The smallest absolute Gasteiger partial charge is 0.269 e. The van der Waals surface area contributed by atoms with Crippen molar-refractivity contribution in [3.8, 4) is 0 Å². The van der Waals surface area contributed by atoms with Crippen molar-refractivity contribution in [3.05, 3.63) is 34.4 Å². The van der Waals surface area contributed by atoms with Crippen molar-refractivity contribution in [2.75, 3.05) is 5.32 Å². The monoisotopic (exact) mass is 252 g/mol. The Balaban J connectivity index is 2.78. The number of hydrogen-bond donors (Lipinski definition) is 3. The molecule has 1 aromatic rings. The average Bonchev–Trinajstić information content (AvgIpc) is 2.28. The molecule has 1 aromatic carbocycles. The van der Waals surface area contributed by atoms with E-state index in [2.05, 4.69) is 5.32 Å². The molecule has 0 spiro atoms. The van der Waals surface area contributed by atoms with Gasteiger partial charge in [-0.15, -0.1) is 0 Å². The summed E-state index contributed by atoms with van der Waals surface area (Å²) in [6.07, 6.45) is -0.244. The first-order valence-corrected chi connectivity index (χ1v) is 4.98. The predicted octanol–water partition coefficient (Wildman–Crippen LogP) is -0.264. The highest BCUT2D eigenvalue weighted by Gasteiger charge is 2.18. The largest absolute Gasteiger partial charge is 0.373 e. The standard InChI is InChI=1S/C10H12N4O4/c11-9(15)5-8(10(12)16)13-6-1-3-7(4-2-6)14(17)18/h1-4,8,13H,5H2,(H2,11,15)(H2,12,16). The molecule has 0 radical (unpaired) electrons. The van der Waals surface area contributed by atoms with Crippen molar-refractivity contribution in [1.29, 1.82) is 0 Å². The summed E-state index contributed by atoms with van der Waals surface area (Å²) in [4.78, 5) is 31.7. The van der Waals surface area contributed by atoms with Crippen LogP contribution in [0.5, 0.6) is 0 Å². The fourth-order valence-electron chi connectivity index (χ4n) is 1.30. The molecule has 0 aliphatic rings. The molecule has 2 amide bonds. The topological polar surface area (TPSA) is 141 Å². The van der Waals surface area contributed by atoms with Gasteiger partial charge in [0, 0.05) is 17.8 Å². The Morgan fingerprint density at radius 3 is 2.22 bits per heavy atom. The molecule has 96 valence electrons. The Kier molecular flexibility index (Phi) is 4.19. The lowest BCUT2D eigenvalue weighted by Crippen LogP contribution is -2.38. The van der Waals surface area contributed by atoms with Crippen LogP contribution in [0.3, 0.4) is 0 Å². The first kappa shape index (κ1) is 13.4. The van der Waals surface area contributed by atoms with E-state index >= 15 is 0 Å². The quantitative estimate of drug-likeness (QED) is 0.472. The molecule has 0 fully saturated rings. The number of nitro groups is 1. The molecule has 18 heavy (non-hydrogen) atoms. The number of carbonyl (C=O) groups excluding carboxylic acids is 2. The van der Waals surface area contributed by atoms with E-state index in [1.54, 1.807) is 0 Å². The van der Waals surface area contributed by atoms with Gasteiger partial charge in [0.15, 0.2) is 0 Å². The summed E-state index contributed by atoms with van der Waals surface area (Å²) in [5.41, 5.74) is 10.4. The summed E-state index contributed by atoms with van der Waals surface area (Å²) in [6, 6.07) is 4.42. The first-order chi connectivity index (χ1) is 8.40. The van der Waals surface area contributed by atoms with E-state index in [1.165, 1.54) is 24.3 Å². The van der Waals surface area contributed by atoms with Crippen LogP contribution in [0.15, 0.2) is 24.3 Å². The van der Waals surface area contributed by atoms with Gasteiger partial charge in [0.05, 0.1) is 11.3 Å². The molecule has 0 bridgehead atoms. The van der Waals surface area contributed by atoms with E-state index in [-0.39, 0.29) is 12.1 Å². The summed E-state index contributed by atoms with van der Waals surface area (Å²) in [6.45, 7) is 0. The molecule has 0 aliphatic heterocycles. The number of benzene rings is 1. The lowest BCUT2D eigenvalue weighted by Gasteiger charge is -2.14. The Labute approximate surface area is 102 Å². The zero-order valence-electron chi connectivity index (χ0n) is 9.33. The van der Waals surface area contributed by atoms with Crippen molar-refractivity contribution < 1.29 is 14.5 Å². The zero-order valence-corrected chi connectivity index (χ0v) is 9.33. The molecule has 0 saturated carbocycles. The summed E-state index contributed by atoms with van der Waals surface area (Å²) >= 11 is 0. The van der Waals surface area contributed by atoms with Crippen LogP contribution in [0.1, 0.15) is 6.42 Å². The van der Waals surface area contributed by atoms with Crippen molar-refractivity contribution >= 4 is 23.2 Å². The molecule has 0 heterocycles. The fraction of sp³-hybridized carbons (Fsp3) is 0.200. The highest BCUT2D eigenvalue weighted by atomic mass is 16.6. The minimum atomic E-state index is -0.941. The van der Waals surface area contributed by atoms with Crippen molar-refractivity contribution in [1.82, 2.24) is 0 Å². The van der Waals surface area contributed by atoms with Gasteiger partial charge in [0.2, 0.25) is 11.8 Å². The minimum absolute atomic E-state index is 0.0777. The van der Waals surface area contributed by atoms with Gasteiger partial charge in [-0.3, -0.25) is 19.7 Å². The molecule has 8 nitrogen and oxygen atoms in total. The molecular formula is C10H12N4O4. The number of hydrogen-bond acceptors (Lipinski definition) is 5. The van der Waals surface area contributed by atoms with Crippen LogP contribution in [0.25, 0.3) is 0 Å². The van der Waals surface area contributed by atoms with E-state index in [0.29, 0.717) is 5.69 Å². The van der Waals surface area contributed by atoms with Crippen molar-refractivity contribution in [3.63, 3.8) is 0 Å². The second-order valence-electron chi connectivity index (χ2n) is 3.57. The summed E-state index contributed by atoms with van der Waals surface area (Å²) in [5, 5.41) is 13.1. The van der Waals surface area contributed by atoms with Gasteiger partial charge >= 0.3 is 0 Å². The van der Waals surface area contributed by atoms with Crippen LogP contribution in [-0.2, 0) is 9.59 Å². The Hall–Kier alpha value is -2.64. The number of primary amides is 2. The van der Waals surface area contributed by atoms with E-state index in [4.69, 9.17) is 11.5 Å². The fourth-order valence-corrected chi connectivity index (χ4v) is 1.30. The van der Waals surface area contributed by atoms with E-state index in [1.807, 2.05) is 0 Å². The second-order valence-corrected chi connectivity index (χ2v) is 3.57.